The molecule has 19 heavy (non-hydrogen) atoms. The third-order valence-corrected chi connectivity index (χ3v) is 4.08. The van der Waals surface area contributed by atoms with Crippen molar-refractivity contribution in [2.24, 2.45) is 5.92 Å². The predicted octanol–water partition coefficient (Wildman–Crippen LogP) is 2.67. The van der Waals surface area contributed by atoms with Crippen molar-refractivity contribution in [3.05, 3.63) is 0 Å². The van der Waals surface area contributed by atoms with Gasteiger partial charge in [0.25, 0.3) is 0 Å². The number of nitrogens with one attached hydrogen (secondary N) is 1. The van der Waals surface area contributed by atoms with Gasteiger partial charge in [-0.05, 0) is 46.4 Å². The summed E-state index contributed by atoms with van der Waals surface area (Å²) < 4.78 is 0. The lowest BCUT2D eigenvalue weighted by atomic mass is 9.98. The number of hydrogen-bond acceptors (Lipinski definition) is 3. The molecule has 0 radical (unpaired) electrons. The van der Waals surface area contributed by atoms with E-state index < -0.39 is 0 Å². The third kappa shape index (κ3) is 7.91. The Morgan fingerprint density at radius 1 is 1.00 bits per heavy atom. The van der Waals surface area contributed by atoms with Crippen LogP contribution in [0.5, 0.6) is 0 Å². The largest absolute Gasteiger partial charge is 0.312 e. The van der Waals surface area contributed by atoms with Crippen LogP contribution in [0.25, 0.3) is 0 Å². The van der Waals surface area contributed by atoms with E-state index >= 15 is 0 Å². The van der Waals surface area contributed by atoms with Gasteiger partial charge in [0.05, 0.1) is 0 Å². The lowest BCUT2D eigenvalue weighted by Crippen LogP contribution is -2.49. The molecule has 0 heterocycles. The van der Waals surface area contributed by atoms with E-state index in [1.54, 1.807) is 0 Å². The molecule has 0 spiro atoms. The van der Waals surface area contributed by atoms with Crippen molar-refractivity contribution in [2.75, 3.05) is 40.3 Å². The number of rotatable bonds is 11. The SMILES string of the molecule is CCCNC(CN(CC)C(C)CN(C)C)C(C)CC. The van der Waals surface area contributed by atoms with Crippen molar-refractivity contribution in [3.63, 3.8) is 0 Å². The van der Waals surface area contributed by atoms with Crippen molar-refractivity contribution < 1.29 is 0 Å². The molecule has 0 rings (SSSR count). The molecule has 0 aromatic heterocycles. The molecule has 0 aromatic rings. The topological polar surface area (TPSA) is 18.5 Å². The average molecular weight is 271 g/mol. The maximum atomic E-state index is 3.74. The van der Waals surface area contributed by atoms with E-state index in [9.17, 15) is 0 Å². The highest BCUT2D eigenvalue weighted by molar-refractivity contribution is 4.79. The molecule has 0 saturated heterocycles. The van der Waals surface area contributed by atoms with E-state index in [2.05, 4.69) is 63.8 Å². The van der Waals surface area contributed by atoms with Crippen molar-refractivity contribution in [3.8, 4) is 0 Å². The first-order valence-electron chi connectivity index (χ1n) is 8.08. The van der Waals surface area contributed by atoms with Gasteiger partial charge in [0, 0.05) is 25.2 Å². The summed E-state index contributed by atoms with van der Waals surface area (Å²) in [6, 6.07) is 1.24. The molecule has 0 aliphatic rings. The van der Waals surface area contributed by atoms with Gasteiger partial charge in [-0.25, -0.2) is 0 Å². The summed E-state index contributed by atoms with van der Waals surface area (Å²) >= 11 is 0. The first kappa shape index (κ1) is 18.9. The second-order valence-corrected chi connectivity index (χ2v) is 6.14. The van der Waals surface area contributed by atoms with E-state index in [1.807, 2.05) is 0 Å². The Morgan fingerprint density at radius 3 is 2.05 bits per heavy atom. The lowest BCUT2D eigenvalue weighted by Gasteiger charge is -2.35. The number of likely N-dealkylation sites (N-methyl/N-ethyl adjacent to an activating group) is 2. The molecule has 0 aliphatic carbocycles. The summed E-state index contributed by atoms with van der Waals surface area (Å²) in [5, 5.41) is 3.74. The zero-order chi connectivity index (χ0) is 14.8. The molecule has 0 aromatic carbocycles. The minimum atomic E-state index is 0.620. The number of nitrogens with zero attached hydrogens (tertiary/aromatic N) is 2. The molecule has 3 nitrogen and oxygen atoms in total. The molecule has 3 atom stereocenters. The van der Waals surface area contributed by atoms with Gasteiger partial charge in [-0.2, -0.15) is 0 Å². The lowest BCUT2D eigenvalue weighted by molar-refractivity contribution is 0.149. The summed E-state index contributed by atoms with van der Waals surface area (Å²) in [7, 11) is 4.32. The highest BCUT2D eigenvalue weighted by atomic mass is 15.2. The fraction of sp³-hybridized carbons (Fsp3) is 1.00. The van der Waals surface area contributed by atoms with Crippen LogP contribution in [0.4, 0.5) is 0 Å². The van der Waals surface area contributed by atoms with E-state index in [1.165, 1.54) is 19.4 Å². The normalized spacial score (nSPS) is 16.9. The van der Waals surface area contributed by atoms with Crippen LogP contribution in [0.3, 0.4) is 0 Å². The van der Waals surface area contributed by atoms with Gasteiger partial charge in [-0.3, -0.25) is 4.90 Å². The molecule has 0 fully saturated rings. The summed E-state index contributed by atoms with van der Waals surface area (Å²) in [6.45, 7) is 16.1. The molecule has 0 saturated carbocycles. The van der Waals surface area contributed by atoms with Crippen LogP contribution in [0.2, 0.25) is 0 Å². The monoisotopic (exact) mass is 271 g/mol. The molecule has 1 N–H and O–H groups in total. The van der Waals surface area contributed by atoms with Crippen molar-refractivity contribution in [2.45, 2.75) is 59.5 Å². The highest BCUT2D eigenvalue weighted by Crippen LogP contribution is 2.11. The fourth-order valence-electron chi connectivity index (χ4n) is 2.58. The second-order valence-electron chi connectivity index (χ2n) is 6.14. The Kier molecular flexibility index (Phi) is 10.6. The Balaban J connectivity index is 4.48. The van der Waals surface area contributed by atoms with E-state index in [4.69, 9.17) is 0 Å². The van der Waals surface area contributed by atoms with Crippen LogP contribution < -0.4 is 5.32 Å². The Bertz CT molecular complexity index is 206. The van der Waals surface area contributed by atoms with E-state index in [-0.39, 0.29) is 0 Å². The Morgan fingerprint density at radius 2 is 1.63 bits per heavy atom. The van der Waals surface area contributed by atoms with Crippen LogP contribution in [0.1, 0.15) is 47.5 Å². The molecule has 0 bridgehead atoms. The standard InChI is InChI=1S/C16H37N3/c1-8-11-17-16(14(4)9-2)13-19(10-3)15(5)12-18(6)7/h14-17H,8-13H2,1-7H3. The zero-order valence-corrected chi connectivity index (χ0v) is 14.4. The van der Waals surface area contributed by atoms with Gasteiger partial charge in [0.2, 0.25) is 0 Å². The maximum absolute atomic E-state index is 3.74. The van der Waals surface area contributed by atoms with Crippen LogP contribution in [0.15, 0.2) is 0 Å². The molecule has 0 amide bonds. The fourth-order valence-corrected chi connectivity index (χ4v) is 2.58. The first-order chi connectivity index (χ1) is 8.96. The van der Waals surface area contributed by atoms with Crippen LogP contribution in [-0.4, -0.2) is 62.2 Å². The van der Waals surface area contributed by atoms with E-state index in [0.717, 1.165) is 25.6 Å². The summed E-state index contributed by atoms with van der Waals surface area (Å²) in [4.78, 5) is 4.89. The minimum Gasteiger partial charge on any atom is -0.312 e. The Hall–Kier alpha value is -0.120. The molecular weight excluding hydrogens is 234 g/mol. The predicted molar refractivity (Wildman–Crippen MR) is 86.8 cm³/mol. The van der Waals surface area contributed by atoms with Gasteiger partial charge in [0.1, 0.15) is 0 Å². The summed E-state index contributed by atoms with van der Waals surface area (Å²) in [5.74, 6) is 0.743. The third-order valence-electron chi connectivity index (χ3n) is 4.08. The molecular formula is C16H37N3. The molecule has 0 aliphatic heterocycles. The molecule has 116 valence electrons. The summed E-state index contributed by atoms with van der Waals surface area (Å²) in [5.41, 5.74) is 0. The minimum absolute atomic E-state index is 0.620. The molecule has 3 unspecified atom stereocenters. The van der Waals surface area contributed by atoms with Gasteiger partial charge in [-0.1, -0.05) is 34.1 Å². The maximum Gasteiger partial charge on any atom is 0.0220 e. The average Bonchev–Trinajstić information content (AvgIpc) is 2.37. The van der Waals surface area contributed by atoms with Crippen LogP contribution in [0, 0.1) is 5.92 Å². The first-order valence-corrected chi connectivity index (χ1v) is 8.08. The second kappa shape index (κ2) is 10.6. The van der Waals surface area contributed by atoms with Crippen molar-refractivity contribution >= 4 is 0 Å². The quantitative estimate of drug-likeness (QED) is 0.623. The van der Waals surface area contributed by atoms with Crippen molar-refractivity contribution in [1.82, 2.24) is 15.1 Å². The van der Waals surface area contributed by atoms with Crippen molar-refractivity contribution in [1.29, 1.82) is 0 Å². The van der Waals surface area contributed by atoms with Gasteiger partial charge < -0.3 is 10.2 Å². The molecule has 3 heteroatoms. The highest BCUT2D eigenvalue weighted by Gasteiger charge is 2.21. The van der Waals surface area contributed by atoms with E-state index in [0.29, 0.717) is 12.1 Å². The zero-order valence-electron chi connectivity index (χ0n) is 14.4. The number of hydrogen-bond donors (Lipinski definition) is 1. The Labute approximate surface area is 121 Å². The summed E-state index contributed by atoms with van der Waals surface area (Å²) in [6.07, 6.45) is 2.47. The van der Waals surface area contributed by atoms with Gasteiger partial charge in [-0.15, -0.1) is 0 Å². The van der Waals surface area contributed by atoms with Gasteiger partial charge in [0.15, 0.2) is 0 Å². The van der Waals surface area contributed by atoms with Crippen LogP contribution >= 0.6 is 0 Å². The van der Waals surface area contributed by atoms with Crippen LogP contribution in [-0.2, 0) is 0 Å². The van der Waals surface area contributed by atoms with Gasteiger partial charge >= 0.3 is 0 Å². The smallest absolute Gasteiger partial charge is 0.0220 e.